The largest absolute Gasteiger partial charge is 0.322 e. The van der Waals surface area contributed by atoms with Crippen LogP contribution in [0, 0.1) is 5.92 Å². The van der Waals surface area contributed by atoms with Gasteiger partial charge in [0.25, 0.3) is 0 Å². The third-order valence-corrected chi connectivity index (χ3v) is 7.39. The molecule has 6 heteroatoms. The maximum absolute atomic E-state index is 13.1. The number of carbonyl (C=O) groups excluding carboxylic acids is 1. The first-order valence-corrected chi connectivity index (χ1v) is 13.1. The van der Waals surface area contributed by atoms with E-state index in [2.05, 4.69) is 52.7 Å². The number of urea groups is 1. The number of halogens is 2. The molecule has 0 bridgehead atoms. The van der Waals surface area contributed by atoms with Crippen LogP contribution in [0.4, 0.5) is 10.5 Å². The minimum Gasteiger partial charge on any atom is -0.320 e. The van der Waals surface area contributed by atoms with E-state index in [-0.39, 0.29) is 6.03 Å². The Hall–Kier alpha value is -2.53. The minimum absolute atomic E-state index is 0.131. The third-order valence-electron chi connectivity index (χ3n) is 6.65. The fourth-order valence-electron chi connectivity index (χ4n) is 4.68. The van der Waals surface area contributed by atoms with E-state index in [1.54, 1.807) is 18.2 Å². The molecule has 3 aromatic rings. The molecule has 0 aliphatic carbocycles. The number of nitrogens with zero attached hydrogens (tertiary/aromatic N) is 2. The van der Waals surface area contributed by atoms with Crippen molar-refractivity contribution in [1.29, 1.82) is 0 Å². The predicted molar refractivity (Wildman–Crippen MR) is 146 cm³/mol. The Morgan fingerprint density at radius 2 is 1.54 bits per heavy atom. The highest BCUT2D eigenvalue weighted by Gasteiger charge is 2.20. The number of likely N-dealkylation sites (tertiary alicyclic amines) is 1. The third kappa shape index (κ3) is 7.99. The van der Waals surface area contributed by atoms with Crippen LogP contribution in [0.15, 0.2) is 78.9 Å². The summed E-state index contributed by atoms with van der Waals surface area (Å²) in [6.45, 7) is 4.51. The topological polar surface area (TPSA) is 35.6 Å². The van der Waals surface area contributed by atoms with Crippen LogP contribution in [0.3, 0.4) is 0 Å². The second-order valence-electron chi connectivity index (χ2n) is 9.29. The number of amides is 2. The fraction of sp³-hybridized carbons (Fsp3) is 0.345. The summed E-state index contributed by atoms with van der Waals surface area (Å²) in [4.78, 5) is 17.6. The predicted octanol–water partition coefficient (Wildman–Crippen LogP) is 7.37. The molecule has 0 aromatic heterocycles. The molecule has 4 nitrogen and oxygen atoms in total. The van der Waals surface area contributed by atoms with Gasteiger partial charge in [-0.2, -0.15) is 0 Å². The molecule has 1 saturated heterocycles. The van der Waals surface area contributed by atoms with Crippen molar-refractivity contribution in [2.24, 2.45) is 5.92 Å². The summed E-state index contributed by atoms with van der Waals surface area (Å²) in [7, 11) is 0. The van der Waals surface area contributed by atoms with Crippen molar-refractivity contribution in [1.82, 2.24) is 9.80 Å². The lowest BCUT2D eigenvalue weighted by Gasteiger charge is -2.32. The molecule has 184 valence electrons. The number of hydrogen-bond acceptors (Lipinski definition) is 2. The Morgan fingerprint density at radius 1 is 0.886 bits per heavy atom. The minimum atomic E-state index is -0.131. The number of rotatable bonds is 9. The van der Waals surface area contributed by atoms with E-state index in [0.29, 0.717) is 28.8 Å². The Kier molecular flexibility index (Phi) is 9.47. The molecule has 1 fully saturated rings. The Bertz CT molecular complexity index is 1070. The molecule has 0 atom stereocenters. The number of anilines is 1. The van der Waals surface area contributed by atoms with E-state index < -0.39 is 0 Å². The van der Waals surface area contributed by atoms with Crippen molar-refractivity contribution < 1.29 is 4.79 Å². The van der Waals surface area contributed by atoms with Crippen LogP contribution in [0.2, 0.25) is 10.0 Å². The van der Waals surface area contributed by atoms with Gasteiger partial charge in [0, 0.05) is 18.8 Å². The van der Waals surface area contributed by atoms with Gasteiger partial charge in [0.1, 0.15) is 0 Å². The summed E-state index contributed by atoms with van der Waals surface area (Å²) >= 11 is 12.1. The summed E-state index contributed by atoms with van der Waals surface area (Å²) in [5.74, 6) is 0.764. The first kappa shape index (κ1) is 25.6. The van der Waals surface area contributed by atoms with Crippen molar-refractivity contribution in [3.63, 3.8) is 0 Å². The molecule has 0 unspecified atom stereocenters. The normalized spacial score (nSPS) is 14.6. The highest BCUT2D eigenvalue weighted by atomic mass is 35.5. The number of benzene rings is 3. The maximum atomic E-state index is 13.1. The SMILES string of the molecule is O=C(Nc1ccc(Cl)c(Cl)c1)N(CCCN1CCC(Cc2ccccc2)CC1)Cc1ccccc1. The number of carbonyl (C=O) groups is 1. The molecule has 1 aliphatic heterocycles. The number of nitrogens with one attached hydrogen (secondary N) is 1. The molecule has 1 aliphatic rings. The van der Waals surface area contributed by atoms with Crippen molar-refractivity contribution in [2.75, 3.05) is 31.5 Å². The molecule has 0 saturated carbocycles. The average molecular weight is 511 g/mol. The average Bonchev–Trinajstić information content (AvgIpc) is 2.88. The Labute approximate surface area is 218 Å². The van der Waals surface area contributed by atoms with Gasteiger partial charge in [-0.1, -0.05) is 83.9 Å². The molecule has 3 aromatic carbocycles. The van der Waals surface area contributed by atoms with Gasteiger partial charge < -0.3 is 15.1 Å². The molecule has 4 rings (SSSR count). The van der Waals surface area contributed by atoms with Gasteiger partial charge in [0.2, 0.25) is 0 Å². The van der Waals surface area contributed by atoms with E-state index in [9.17, 15) is 4.79 Å². The summed E-state index contributed by atoms with van der Waals surface area (Å²) in [6, 6.07) is 25.9. The summed E-state index contributed by atoms with van der Waals surface area (Å²) in [6.07, 6.45) is 4.58. The van der Waals surface area contributed by atoms with Gasteiger partial charge in [-0.05, 0) is 80.6 Å². The van der Waals surface area contributed by atoms with E-state index in [4.69, 9.17) is 23.2 Å². The maximum Gasteiger partial charge on any atom is 0.322 e. The zero-order chi connectivity index (χ0) is 24.5. The monoisotopic (exact) mass is 509 g/mol. The molecule has 1 N–H and O–H groups in total. The second kappa shape index (κ2) is 13.0. The molecular formula is C29H33Cl2N3O. The van der Waals surface area contributed by atoms with Crippen LogP contribution in [0.25, 0.3) is 0 Å². The van der Waals surface area contributed by atoms with Crippen molar-refractivity contribution in [2.45, 2.75) is 32.2 Å². The van der Waals surface area contributed by atoms with Crippen molar-refractivity contribution >= 4 is 34.9 Å². The van der Waals surface area contributed by atoms with Crippen LogP contribution < -0.4 is 5.32 Å². The van der Waals surface area contributed by atoms with Crippen LogP contribution in [0.5, 0.6) is 0 Å². The zero-order valence-electron chi connectivity index (χ0n) is 20.0. The van der Waals surface area contributed by atoms with Crippen LogP contribution in [-0.4, -0.2) is 42.0 Å². The van der Waals surface area contributed by atoms with Gasteiger partial charge in [-0.3, -0.25) is 0 Å². The lowest BCUT2D eigenvalue weighted by molar-refractivity contribution is 0.170. The molecule has 35 heavy (non-hydrogen) atoms. The van der Waals surface area contributed by atoms with Crippen LogP contribution in [0.1, 0.15) is 30.4 Å². The van der Waals surface area contributed by atoms with Crippen LogP contribution >= 0.6 is 23.2 Å². The van der Waals surface area contributed by atoms with Crippen molar-refractivity contribution in [3.05, 3.63) is 100 Å². The summed E-state index contributed by atoms with van der Waals surface area (Å²) in [5.41, 5.74) is 3.19. The van der Waals surface area contributed by atoms with Gasteiger partial charge >= 0.3 is 6.03 Å². The number of piperidine rings is 1. The molecule has 0 spiro atoms. The molecule has 0 radical (unpaired) electrons. The second-order valence-corrected chi connectivity index (χ2v) is 10.1. The zero-order valence-corrected chi connectivity index (χ0v) is 21.5. The van der Waals surface area contributed by atoms with Gasteiger partial charge in [0.05, 0.1) is 10.0 Å². The van der Waals surface area contributed by atoms with E-state index >= 15 is 0 Å². The quantitative estimate of drug-likeness (QED) is 0.326. The Morgan fingerprint density at radius 3 is 2.20 bits per heavy atom. The summed E-state index contributed by atoms with van der Waals surface area (Å²) in [5, 5.41) is 3.87. The fourth-order valence-corrected chi connectivity index (χ4v) is 4.98. The van der Waals surface area contributed by atoms with Crippen molar-refractivity contribution in [3.8, 4) is 0 Å². The molecule has 1 heterocycles. The van der Waals surface area contributed by atoms with E-state index in [0.717, 1.165) is 37.5 Å². The lowest BCUT2D eigenvalue weighted by atomic mass is 9.90. The standard InChI is InChI=1S/C29H33Cl2N3O/c30-27-13-12-26(21-28(27)31)32-29(35)34(22-25-10-5-2-6-11-25)17-7-16-33-18-14-24(15-19-33)20-23-8-3-1-4-9-23/h1-6,8-13,21,24H,7,14-20,22H2,(H,32,35). The lowest BCUT2D eigenvalue weighted by Crippen LogP contribution is -2.39. The first-order valence-electron chi connectivity index (χ1n) is 12.4. The highest BCUT2D eigenvalue weighted by Crippen LogP contribution is 2.25. The number of hydrogen-bond donors (Lipinski definition) is 1. The highest BCUT2D eigenvalue weighted by molar-refractivity contribution is 6.42. The molecule has 2 amide bonds. The Balaban J connectivity index is 1.28. The van der Waals surface area contributed by atoms with E-state index in [1.165, 1.54) is 24.8 Å². The first-order chi connectivity index (χ1) is 17.1. The van der Waals surface area contributed by atoms with E-state index in [1.807, 2.05) is 23.1 Å². The summed E-state index contributed by atoms with van der Waals surface area (Å²) < 4.78 is 0. The van der Waals surface area contributed by atoms with Gasteiger partial charge in [-0.15, -0.1) is 0 Å². The molecular weight excluding hydrogens is 477 g/mol. The smallest absolute Gasteiger partial charge is 0.320 e. The van der Waals surface area contributed by atoms with Gasteiger partial charge in [0.15, 0.2) is 0 Å². The van der Waals surface area contributed by atoms with Crippen LogP contribution in [-0.2, 0) is 13.0 Å². The van der Waals surface area contributed by atoms with Gasteiger partial charge in [-0.25, -0.2) is 4.79 Å².